The van der Waals surface area contributed by atoms with Gasteiger partial charge in [0.15, 0.2) is 16.9 Å². The number of aromatic nitrogens is 4. The number of fused-ring (bicyclic) bond motifs is 1. The summed E-state index contributed by atoms with van der Waals surface area (Å²) in [7, 11) is 0. The number of imidazole rings is 1. The van der Waals surface area contributed by atoms with Crippen LogP contribution < -0.4 is 0 Å². The summed E-state index contributed by atoms with van der Waals surface area (Å²) in [5.74, 6) is -0.365. The summed E-state index contributed by atoms with van der Waals surface area (Å²) < 4.78 is 12.3. The molecule has 2 aromatic heterocycles. The molecule has 20 heavy (non-hydrogen) atoms. The largest absolute Gasteiger partial charge is 0.497 e. The van der Waals surface area contributed by atoms with Crippen LogP contribution in [0.15, 0.2) is 25.0 Å². The van der Waals surface area contributed by atoms with Crippen molar-refractivity contribution in [2.75, 3.05) is 6.61 Å². The van der Waals surface area contributed by atoms with Gasteiger partial charge in [-0.05, 0) is 6.08 Å². The zero-order valence-electron chi connectivity index (χ0n) is 10.6. The van der Waals surface area contributed by atoms with Crippen molar-refractivity contribution in [1.29, 1.82) is 0 Å². The van der Waals surface area contributed by atoms with Gasteiger partial charge in [0, 0.05) is 6.92 Å². The van der Waals surface area contributed by atoms with Gasteiger partial charge in [0.25, 0.3) is 0 Å². The molecule has 0 amide bonds. The monoisotopic (exact) mass is 294 g/mol. The lowest BCUT2D eigenvalue weighted by Crippen LogP contribution is -2.33. The van der Waals surface area contributed by atoms with E-state index in [1.165, 1.54) is 13.3 Å². The Bertz CT molecular complexity index is 684. The fraction of sp³-hybridized carbons (Fsp3) is 0.333. The van der Waals surface area contributed by atoms with E-state index in [1.807, 2.05) is 0 Å². The maximum atomic E-state index is 11.2. The van der Waals surface area contributed by atoms with Crippen LogP contribution in [0.1, 0.15) is 13.0 Å². The second-order valence-electron chi connectivity index (χ2n) is 4.29. The molecule has 0 spiro atoms. The van der Waals surface area contributed by atoms with Crippen molar-refractivity contribution in [2.45, 2.75) is 19.1 Å². The van der Waals surface area contributed by atoms with E-state index < -0.39 is 6.10 Å². The molecule has 7 nitrogen and oxygen atoms in total. The summed E-state index contributed by atoms with van der Waals surface area (Å²) in [5, 5.41) is 0.286. The third-order valence-corrected chi connectivity index (χ3v) is 3.24. The number of nitrogens with zero attached hydrogens (tertiary/aromatic N) is 4. The van der Waals surface area contributed by atoms with Crippen LogP contribution in [0.3, 0.4) is 0 Å². The zero-order chi connectivity index (χ0) is 14.1. The van der Waals surface area contributed by atoms with Gasteiger partial charge in [-0.3, -0.25) is 4.79 Å². The lowest BCUT2D eigenvalue weighted by molar-refractivity contribution is -0.151. The van der Waals surface area contributed by atoms with Crippen molar-refractivity contribution >= 4 is 28.7 Å². The minimum absolute atomic E-state index is 0.247. The molecule has 0 bridgehead atoms. The van der Waals surface area contributed by atoms with Gasteiger partial charge in [-0.15, -0.1) is 0 Å². The standard InChI is InChI=1S/C12H11ClN4O3/c1-7(18)20-9-4-19-3-2-8(9)17-6-16-10-11(13)14-5-15-12(10)17/h2-3,5-6,8-9H,4H2,1H3. The van der Waals surface area contributed by atoms with Crippen LogP contribution in [0, 0.1) is 0 Å². The van der Waals surface area contributed by atoms with Crippen molar-refractivity contribution in [3.05, 3.63) is 30.1 Å². The number of hydrogen-bond acceptors (Lipinski definition) is 6. The summed E-state index contributed by atoms with van der Waals surface area (Å²) in [6.45, 7) is 1.64. The predicted molar refractivity (Wildman–Crippen MR) is 70.0 cm³/mol. The molecule has 104 valence electrons. The Balaban J connectivity index is 2.04. The van der Waals surface area contributed by atoms with Crippen LogP contribution in [0.5, 0.6) is 0 Å². The Labute approximate surface area is 119 Å². The maximum absolute atomic E-state index is 11.2. The van der Waals surface area contributed by atoms with E-state index in [0.29, 0.717) is 11.2 Å². The molecule has 0 saturated heterocycles. The smallest absolute Gasteiger partial charge is 0.303 e. The van der Waals surface area contributed by atoms with E-state index in [1.54, 1.807) is 23.2 Å². The number of carbonyl (C=O) groups excluding carboxylic acids is 1. The van der Waals surface area contributed by atoms with Crippen molar-refractivity contribution in [2.24, 2.45) is 0 Å². The number of ether oxygens (including phenoxy) is 2. The highest BCUT2D eigenvalue weighted by Gasteiger charge is 2.29. The molecule has 0 aromatic carbocycles. The highest BCUT2D eigenvalue weighted by atomic mass is 35.5. The lowest BCUT2D eigenvalue weighted by atomic mass is 10.1. The Kier molecular flexibility index (Phi) is 3.27. The molecule has 8 heteroatoms. The third kappa shape index (κ3) is 2.20. The summed E-state index contributed by atoms with van der Waals surface area (Å²) in [6.07, 6.45) is 5.88. The van der Waals surface area contributed by atoms with Crippen LogP contribution in [0.2, 0.25) is 5.15 Å². The van der Waals surface area contributed by atoms with Crippen LogP contribution in [-0.4, -0.2) is 38.2 Å². The molecule has 0 saturated carbocycles. The van der Waals surface area contributed by atoms with Crippen LogP contribution >= 0.6 is 11.6 Å². The fourth-order valence-electron chi connectivity index (χ4n) is 2.14. The molecule has 2 atom stereocenters. The highest BCUT2D eigenvalue weighted by Crippen LogP contribution is 2.26. The zero-order valence-corrected chi connectivity index (χ0v) is 11.3. The molecule has 0 aliphatic carbocycles. The van der Waals surface area contributed by atoms with E-state index >= 15 is 0 Å². The predicted octanol–water partition coefficient (Wildman–Crippen LogP) is 1.50. The first-order chi connectivity index (χ1) is 9.66. The quantitative estimate of drug-likeness (QED) is 0.617. The number of rotatable bonds is 2. The van der Waals surface area contributed by atoms with Crippen LogP contribution in [0.4, 0.5) is 0 Å². The Morgan fingerprint density at radius 2 is 2.35 bits per heavy atom. The summed E-state index contributed by atoms with van der Waals surface area (Å²) in [5.41, 5.74) is 1.09. The molecule has 2 unspecified atom stereocenters. The first-order valence-corrected chi connectivity index (χ1v) is 6.33. The van der Waals surface area contributed by atoms with Crippen molar-refractivity contribution in [3.63, 3.8) is 0 Å². The molecule has 1 aliphatic heterocycles. The Hall–Kier alpha value is -2.15. The van der Waals surface area contributed by atoms with Gasteiger partial charge in [0.1, 0.15) is 18.5 Å². The van der Waals surface area contributed by atoms with Crippen molar-refractivity contribution < 1.29 is 14.3 Å². The minimum Gasteiger partial charge on any atom is -0.497 e. The van der Waals surface area contributed by atoms with Gasteiger partial charge in [0.2, 0.25) is 0 Å². The average molecular weight is 295 g/mol. The maximum Gasteiger partial charge on any atom is 0.303 e. The molecule has 0 N–H and O–H groups in total. The van der Waals surface area contributed by atoms with Gasteiger partial charge in [-0.25, -0.2) is 15.0 Å². The van der Waals surface area contributed by atoms with Crippen molar-refractivity contribution in [3.8, 4) is 0 Å². The normalized spacial score (nSPS) is 21.7. The van der Waals surface area contributed by atoms with E-state index in [4.69, 9.17) is 21.1 Å². The molecular formula is C12H11ClN4O3. The van der Waals surface area contributed by atoms with E-state index in [9.17, 15) is 4.79 Å². The van der Waals surface area contributed by atoms with Gasteiger partial charge >= 0.3 is 5.97 Å². The van der Waals surface area contributed by atoms with Crippen LogP contribution in [-0.2, 0) is 14.3 Å². The highest BCUT2D eigenvalue weighted by molar-refractivity contribution is 6.33. The molecule has 3 rings (SSSR count). The lowest BCUT2D eigenvalue weighted by Gasteiger charge is -2.27. The third-order valence-electron chi connectivity index (χ3n) is 2.97. The number of esters is 1. The van der Waals surface area contributed by atoms with Gasteiger partial charge in [-0.1, -0.05) is 11.6 Å². The summed E-state index contributed by atoms with van der Waals surface area (Å²) in [4.78, 5) is 23.4. The Morgan fingerprint density at radius 3 is 3.15 bits per heavy atom. The van der Waals surface area contributed by atoms with E-state index in [-0.39, 0.29) is 23.8 Å². The first-order valence-electron chi connectivity index (χ1n) is 5.95. The van der Waals surface area contributed by atoms with Gasteiger partial charge < -0.3 is 14.0 Å². The van der Waals surface area contributed by atoms with Gasteiger partial charge in [0.05, 0.1) is 18.6 Å². The topological polar surface area (TPSA) is 79.1 Å². The summed E-state index contributed by atoms with van der Waals surface area (Å²) in [6, 6.07) is -0.247. The fourth-order valence-corrected chi connectivity index (χ4v) is 2.32. The molecule has 0 fully saturated rings. The number of hydrogen-bond donors (Lipinski definition) is 0. The SMILES string of the molecule is CC(=O)OC1COC=CC1n1cnc2c(Cl)ncnc21. The molecule has 1 aliphatic rings. The van der Waals surface area contributed by atoms with Gasteiger partial charge in [-0.2, -0.15) is 0 Å². The molecule has 0 radical (unpaired) electrons. The second kappa shape index (κ2) is 5.09. The Morgan fingerprint density at radius 1 is 1.50 bits per heavy atom. The number of carbonyl (C=O) groups is 1. The second-order valence-corrected chi connectivity index (χ2v) is 4.65. The molecular weight excluding hydrogens is 284 g/mol. The molecule has 3 heterocycles. The summed E-state index contributed by atoms with van der Waals surface area (Å²) >= 11 is 5.97. The van der Waals surface area contributed by atoms with Crippen LogP contribution in [0.25, 0.3) is 11.2 Å². The molecule has 2 aromatic rings. The number of halogens is 1. The van der Waals surface area contributed by atoms with Crippen molar-refractivity contribution in [1.82, 2.24) is 19.5 Å². The van der Waals surface area contributed by atoms with E-state index in [0.717, 1.165) is 0 Å². The minimum atomic E-state index is -0.441. The van der Waals surface area contributed by atoms with E-state index in [2.05, 4.69) is 15.0 Å². The average Bonchev–Trinajstić information content (AvgIpc) is 2.84. The first kappa shape index (κ1) is 12.9.